The maximum absolute atomic E-state index is 12.2. The number of amides is 2. The van der Waals surface area contributed by atoms with Crippen molar-refractivity contribution in [3.63, 3.8) is 0 Å². The van der Waals surface area contributed by atoms with Crippen molar-refractivity contribution in [3.05, 3.63) is 30.1 Å². The third-order valence-corrected chi connectivity index (χ3v) is 3.91. The molecule has 0 N–H and O–H groups in total. The van der Waals surface area contributed by atoms with Crippen molar-refractivity contribution in [3.8, 4) is 0 Å². The summed E-state index contributed by atoms with van der Waals surface area (Å²) >= 11 is 0. The van der Waals surface area contributed by atoms with E-state index in [-0.39, 0.29) is 17.2 Å². The number of aromatic nitrogens is 1. The first kappa shape index (κ1) is 16.5. The molecule has 1 aliphatic rings. The molecule has 0 unspecified atom stereocenters. The van der Waals surface area contributed by atoms with E-state index in [0.717, 1.165) is 5.56 Å². The van der Waals surface area contributed by atoms with Crippen molar-refractivity contribution < 1.29 is 9.59 Å². The van der Waals surface area contributed by atoms with Gasteiger partial charge in [-0.05, 0) is 18.1 Å². The predicted molar refractivity (Wildman–Crippen MR) is 85.2 cm³/mol. The molecule has 5 heteroatoms. The van der Waals surface area contributed by atoms with E-state index in [1.165, 1.54) is 0 Å². The van der Waals surface area contributed by atoms with Gasteiger partial charge in [0.15, 0.2) is 0 Å². The van der Waals surface area contributed by atoms with Crippen molar-refractivity contribution in [2.24, 2.45) is 5.41 Å². The molecule has 2 rings (SSSR count). The van der Waals surface area contributed by atoms with Gasteiger partial charge < -0.3 is 9.80 Å². The summed E-state index contributed by atoms with van der Waals surface area (Å²) in [5, 5.41) is 0. The van der Waals surface area contributed by atoms with Crippen LogP contribution in [0.2, 0.25) is 0 Å². The van der Waals surface area contributed by atoms with Crippen molar-refractivity contribution >= 4 is 11.8 Å². The van der Waals surface area contributed by atoms with Crippen LogP contribution in [0.4, 0.5) is 0 Å². The van der Waals surface area contributed by atoms with Gasteiger partial charge in [0.25, 0.3) is 0 Å². The van der Waals surface area contributed by atoms with Gasteiger partial charge in [0.2, 0.25) is 11.8 Å². The number of piperazine rings is 1. The van der Waals surface area contributed by atoms with Gasteiger partial charge in [-0.1, -0.05) is 26.8 Å². The molecule has 0 radical (unpaired) electrons. The SMILES string of the molecule is CC(C)(C)C(=O)N1CCN(C(=O)CCc2cccnc2)CC1. The van der Waals surface area contributed by atoms with E-state index >= 15 is 0 Å². The van der Waals surface area contributed by atoms with Gasteiger partial charge in [-0.3, -0.25) is 14.6 Å². The molecule has 22 heavy (non-hydrogen) atoms. The Kier molecular flexibility index (Phi) is 5.16. The lowest BCUT2D eigenvalue weighted by molar-refractivity contribution is -0.144. The summed E-state index contributed by atoms with van der Waals surface area (Å²) in [6, 6.07) is 3.87. The molecular formula is C17H25N3O2. The summed E-state index contributed by atoms with van der Waals surface area (Å²) in [7, 11) is 0. The number of carbonyl (C=O) groups is 2. The Morgan fingerprint density at radius 2 is 1.77 bits per heavy atom. The molecule has 2 amide bonds. The standard InChI is InChI=1S/C17H25N3O2/c1-17(2,3)16(22)20-11-9-19(10-12-20)15(21)7-6-14-5-4-8-18-13-14/h4-5,8,13H,6-7,9-12H2,1-3H3. The molecule has 1 saturated heterocycles. The lowest BCUT2D eigenvalue weighted by Crippen LogP contribution is -2.53. The van der Waals surface area contributed by atoms with E-state index in [1.807, 2.05) is 42.7 Å². The minimum absolute atomic E-state index is 0.159. The zero-order valence-electron chi connectivity index (χ0n) is 13.7. The fourth-order valence-corrected chi connectivity index (χ4v) is 2.59. The Balaban J connectivity index is 1.79. The Morgan fingerprint density at radius 1 is 1.14 bits per heavy atom. The van der Waals surface area contributed by atoms with E-state index in [0.29, 0.717) is 39.0 Å². The average molecular weight is 303 g/mol. The van der Waals surface area contributed by atoms with Crippen LogP contribution in [0.3, 0.4) is 0 Å². The summed E-state index contributed by atoms with van der Waals surface area (Å²) in [4.78, 5) is 32.3. The molecule has 1 aromatic rings. The molecule has 0 aliphatic carbocycles. The molecular weight excluding hydrogens is 278 g/mol. The normalized spacial score (nSPS) is 15.8. The van der Waals surface area contributed by atoms with E-state index in [9.17, 15) is 9.59 Å². The molecule has 1 fully saturated rings. The Labute approximate surface area is 132 Å². The van der Waals surface area contributed by atoms with Gasteiger partial charge in [0, 0.05) is 50.4 Å². The predicted octanol–water partition coefficient (Wildman–Crippen LogP) is 1.73. The summed E-state index contributed by atoms with van der Waals surface area (Å²) in [5.74, 6) is 0.321. The largest absolute Gasteiger partial charge is 0.339 e. The molecule has 5 nitrogen and oxygen atoms in total. The van der Waals surface area contributed by atoms with Gasteiger partial charge in [0.1, 0.15) is 0 Å². The van der Waals surface area contributed by atoms with Gasteiger partial charge in [-0.15, -0.1) is 0 Å². The Bertz CT molecular complexity index is 514. The fourth-order valence-electron chi connectivity index (χ4n) is 2.59. The highest BCUT2D eigenvalue weighted by Crippen LogP contribution is 2.18. The number of hydrogen-bond donors (Lipinski definition) is 0. The highest BCUT2D eigenvalue weighted by Gasteiger charge is 2.30. The first-order chi connectivity index (χ1) is 10.4. The van der Waals surface area contributed by atoms with Crippen LogP contribution in [0.1, 0.15) is 32.8 Å². The lowest BCUT2D eigenvalue weighted by atomic mass is 9.94. The smallest absolute Gasteiger partial charge is 0.228 e. The minimum atomic E-state index is -0.355. The summed E-state index contributed by atoms with van der Waals surface area (Å²) in [6.45, 7) is 8.33. The third-order valence-electron chi connectivity index (χ3n) is 3.91. The van der Waals surface area contributed by atoms with Crippen molar-refractivity contribution in [1.29, 1.82) is 0 Å². The maximum Gasteiger partial charge on any atom is 0.228 e. The molecule has 2 heterocycles. The Hall–Kier alpha value is -1.91. The second-order valence-corrected chi connectivity index (χ2v) is 6.78. The summed E-state index contributed by atoms with van der Waals surface area (Å²) in [5.41, 5.74) is 0.726. The number of pyridine rings is 1. The molecule has 1 aliphatic heterocycles. The van der Waals surface area contributed by atoms with E-state index < -0.39 is 0 Å². The quantitative estimate of drug-likeness (QED) is 0.854. The molecule has 120 valence electrons. The van der Waals surface area contributed by atoms with Crippen molar-refractivity contribution in [2.75, 3.05) is 26.2 Å². The maximum atomic E-state index is 12.2. The molecule has 0 saturated carbocycles. The topological polar surface area (TPSA) is 53.5 Å². The number of carbonyl (C=O) groups excluding carboxylic acids is 2. The highest BCUT2D eigenvalue weighted by molar-refractivity contribution is 5.82. The molecule has 0 bridgehead atoms. The van der Waals surface area contributed by atoms with Crippen molar-refractivity contribution in [1.82, 2.24) is 14.8 Å². The highest BCUT2D eigenvalue weighted by atomic mass is 16.2. The number of hydrogen-bond acceptors (Lipinski definition) is 3. The third kappa shape index (κ3) is 4.29. The van der Waals surface area contributed by atoms with Crippen molar-refractivity contribution in [2.45, 2.75) is 33.6 Å². The number of rotatable bonds is 3. The van der Waals surface area contributed by atoms with Gasteiger partial charge in [-0.2, -0.15) is 0 Å². The molecule has 0 atom stereocenters. The van der Waals surface area contributed by atoms with Gasteiger partial charge in [-0.25, -0.2) is 0 Å². The van der Waals surface area contributed by atoms with Gasteiger partial charge >= 0.3 is 0 Å². The monoisotopic (exact) mass is 303 g/mol. The second-order valence-electron chi connectivity index (χ2n) is 6.78. The molecule has 0 spiro atoms. The van der Waals surface area contributed by atoms with Crippen LogP contribution in [0.5, 0.6) is 0 Å². The van der Waals surface area contributed by atoms with Crippen LogP contribution in [-0.2, 0) is 16.0 Å². The zero-order chi connectivity index (χ0) is 16.2. The minimum Gasteiger partial charge on any atom is -0.339 e. The fraction of sp³-hybridized carbons (Fsp3) is 0.588. The summed E-state index contributed by atoms with van der Waals surface area (Å²) in [6.07, 6.45) is 4.75. The first-order valence-electron chi connectivity index (χ1n) is 7.84. The van der Waals surface area contributed by atoms with Crippen LogP contribution in [0, 0.1) is 5.41 Å². The zero-order valence-corrected chi connectivity index (χ0v) is 13.7. The van der Waals surface area contributed by atoms with E-state index in [1.54, 1.807) is 12.4 Å². The molecule has 1 aromatic heterocycles. The van der Waals surface area contributed by atoms with E-state index in [2.05, 4.69) is 4.98 Å². The van der Waals surface area contributed by atoms with Crippen LogP contribution in [0.25, 0.3) is 0 Å². The van der Waals surface area contributed by atoms with Crippen LogP contribution in [0.15, 0.2) is 24.5 Å². The average Bonchev–Trinajstić information content (AvgIpc) is 2.52. The van der Waals surface area contributed by atoms with Crippen LogP contribution in [-0.4, -0.2) is 52.8 Å². The Morgan fingerprint density at radius 3 is 2.32 bits per heavy atom. The lowest BCUT2D eigenvalue weighted by Gasteiger charge is -2.37. The number of aryl methyl sites for hydroxylation is 1. The van der Waals surface area contributed by atoms with Crippen LogP contribution >= 0.6 is 0 Å². The second kappa shape index (κ2) is 6.90. The van der Waals surface area contributed by atoms with E-state index in [4.69, 9.17) is 0 Å². The van der Waals surface area contributed by atoms with Crippen LogP contribution < -0.4 is 0 Å². The summed E-state index contributed by atoms with van der Waals surface area (Å²) < 4.78 is 0. The van der Waals surface area contributed by atoms with Gasteiger partial charge in [0.05, 0.1) is 0 Å². The molecule has 0 aromatic carbocycles. The number of nitrogens with zero attached hydrogens (tertiary/aromatic N) is 3. The first-order valence-corrected chi connectivity index (χ1v) is 7.84.